The highest BCUT2D eigenvalue weighted by molar-refractivity contribution is 6.01. The summed E-state index contributed by atoms with van der Waals surface area (Å²) in [5.41, 5.74) is 8.07. The van der Waals surface area contributed by atoms with Crippen molar-refractivity contribution in [1.82, 2.24) is 19.9 Å². The van der Waals surface area contributed by atoms with Crippen LogP contribution in [0, 0.1) is 22.6 Å². The third-order valence-corrected chi connectivity index (χ3v) is 5.69. The molecule has 32 heavy (non-hydrogen) atoms. The zero-order valence-electron chi connectivity index (χ0n) is 17.1. The second kappa shape index (κ2) is 8.93. The second-order valence-electron chi connectivity index (χ2n) is 7.62. The topological polar surface area (TPSA) is 146 Å². The summed E-state index contributed by atoms with van der Waals surface area (Å²) >= 11 is 0. The lowest BCUT2D eigenvalue weighted by Gasteiger charge is -2.31. The molecular formula is C22H21FN8O. The first-order valence-corrected chi connectivity index (χ1v) is 10.2. The van der Waals surface area contributed by atoms with Crippen LogP contribution in [0.5, 0.6) is 0 Å². The minimum absolute atomic E-state index is 0.00214. The minimum atomic E-state index is -0.489. The van der Waals surface area contributed by atoms with Crippen molar-refractivity contribution in [3.8, 4) is 17.5 Å². The Bertz CT molecular complexity index is 1260. The maximum absolute atomic E-state index is 14.9. The van der Waals surface area contributed by atoms with Gasteiger partial charge >= 0.3 is 0 Å². The van der Waals surface area contributed by atoms with Gasteiger partial charge in [-0.2, -0.15) is 5.26 Å². The van der Waals surface area contributed by atoms with Crippen LogP contribution in [0.3, 0.4) is 0 Å². The van der Waals surface area contributed by atoms with Crippen LogP contribution in [-0.2, 0) is 4.79 Å². The Morgan fingerprint density at radius 2 is 2.25 bits per heavy atom. The summed E-state index contributed by atoms with van der Waals surface area (Å²) in [6.45, 7) is 0. The molecule has 1 aromatic carbocycles. The Hall–Kier alpha value is -4.13. The Kier molecular flexibility index (Phi) is 5.89. The van der Waals surface area contributed by atoms with Gasteiger partial charge in [-0.25, -0.2) is 14.4 Å². The van der Waals surface area contributed by atoms with Crippen LogP contribution in [0.1, 0.15) is 43.0 Å². The summed E-state index contributed by atoms with van der Waals surface area (Å²) in [5.74, 6) is -0.0251. The molecule has 1 aliphatic carbocycles. The number of nitrogens with two attached hydrogens (primary N) is 1. The molecule has 2 atom stereocenters. The van der Waals surface area contributed by atoms with Gasteiger partial charge in [0, 0.05) is 12.1 Å². The third kappa shape index (κ3) is 3.92. The van der Waals surface area contributed by atoms with E-state index in [-0.39, 0.29) is 23.5 Å². The number of imidazole rings is 1. The number of benzene rings is 1. The Morgan fingerprint density at radius 1 is 1.41 bits per heavy atom. The standard InChI is InChI=1S/C22H21FN8O/c23-17-5-4-13(9-24)6-16(17)22-30-19-10-27-18(21(26)28-11-25)8-20(19)31(22)15-3-1-2-14(7-15)29-12-32/h4-6,8,10-12,14-15H,1-3,7H2,(H,29,32)(H3,25,26,28). The number of nitriles is 1. The highest BCUT2D eigenvalue weighted by atomic mass is 19.1. The van der Waals surface area contributed by atoms with Crippen molar-refractivity contribution < 1.29 is 9.18 Å². The van der Waals surface area contributed by atoms with Gasteiger partial charge in [0.1, 0.15) is 29.2 Å². The smallest absolute Gasteiger partial charge is 0.207 e. The van der Waals surface area contributed by atoms with Crippen molar-refractivity contribution >= 4 is 29.6 Å². The molecule has 1 aliphatic rings. The molecule has 4 N–H and O–H groups in total. The number of carbonyl (C=O) groups is 1. The number of carbonyl (C=O) groups excluding carboxylic acids is 1. The average Bonchev–Trinajstić information content (AvgIpc) is 3.18. The molecule has 0 radical (unpaired) electrons. The van der Waals surface area contributed by atoms with E-state index in [4.69, 9.17) is 11.1 Å². The molecule has 2 heterocycles. The number of hydrogen-bond acceptors (Lipinski definition) is 5. The van der Waals surface area contributed by atoms with Crippen molar-refractivity contribution in [3.05, 3.63) is 47.5 Å². The third-order valence-electron chi connectivity index (χ3n) is 5.69. The summed E-state index contributed by atoms with van der Waals surface area (Å²) in [6, 6.07) is 7.85. The van der Waals surface area contributed by atoms with E-state index >= 15 is 0 Å². The molecule has 10 heteroatoms. The molecule has 0 saturated heterocycles. The maximum atomic E-state index is 14.9. The number of nitrogens with zero attached hydrogens (tertiary/aromatic N) is 5. The van der Waals surface area contributed by atoms with Crippen molar-refractivity contribution in [2.24, 2.45) is 10.7 Å². The number of hydrogen-bond donors (Lipinski definition) is 3. The lowest BCUT2D eigenvalue weighted by Crippen LogP contribution is -2.34. The van der Waals surface area contributed by atoms with Gasteiger partial charge in [-0.1, -0.05) is 0 Å². The lowest BCUT2D eigenvalue weighted by atomic mass is 9.90. The van der Waals surface area contributed by atoms with E-state index in [2.05, 4.69) is 20.3 Å². The number of aromatic nitrogens is 3. The minimum Gasteiger partial charge on any atom is -0.382 e. The van der Waals surface area contributed by atoms with Crippen LogP contribution in [0.15, 0.2) is 35.5 Å². The fraction of sp³-hybridized carbons (Fsp3) is 0.273. The van der Waals surface area contributed by atoms with Crippen LogP contribution in [-0.4, -0.2) is 39.2 Å². The van der Waals surface area contributed by atoms with Gasteiger partial charge in [0.25, 0.3) is 0 Å². The van der Waals surface area contributed by atoms with Crippen molar-refractivity contribution in [1.29, 1.82) is 10.7 Å². The number of amides is 1. The zero-order valence-corrected chi connectivity index (χ0v) is 17.1. The van der Waals surface area contributed by atoms with E-state index in [9.17, 15) is 14.4 Å². The Morgan fingerprint density at radius 3 is 3.00 bits per heavy atom. The van der Waals surface area contributed by atoms with E-state index in [0.29, 0.717) is 40.9 Å². The van der Waals surface area contributed by atoms with E-state index in [1.165, 1.54) is 24.4 Å². The van der Waals surface area contributed by atoms with Gasteiger partial charge in [0.05, 0.1) is 28.9 Å². The number of fused-ring (bicyclic) bond motifs is 1. The van der Waals surface area contributed by atoms with Gasteiger partial charge < -0.3 is 15.6 Å². The summed E-state index contributed by atoms with van der Waals surface area (Å²) in [5, 5.41) is 19.3. The number of nitrogens with one attached hydrogen (secondary N) is 2. The summed E-state index contributed by atoms with van der Waals surface area (Å²) in [4.78, 5) is 23.7. The van der Waals surface area contributed by atoms with Gasteiger partial charge in [-0.3, -0.25) is 15.2 Å². The zero-order chi connectivity index (χ0) is 22.7. The van der Waals surface area contributed by atoms with E-state index in [0.717, 1.165) is 25.6 Å². The van der Waals surface area contributed by atoms with Crippen LogP contribution in [0.2, 0.25) is 0 Å². The van der Waals surface area contributed by atoms with E-state index in [1.807, 2.05) is 10.6 Å². The molecule has 162 valence electrons. The van der Waals surface area contributed by atoms with Gasteiger partial charge in [-0.05, 0) is 49.9 Å². The van der Waals surface area contributed by atoms with Crippen LogP contribution in [0.4, 0.5) is 4.39 Å². The molecule has 0 spiro atoms. The fourth-order valence-electron chi connectivity index (χ4n) is 4.25. The highest BCUT2D eigenvalue weighted by Crippen LogP contribution is 2.37. The van der Waals surface area contributed by atoms with Gasteiger partial charge in [-0.15, -0.1) is 0 Å². The molecule has 1 saturated carbocycles. The first-order chi connectivity index (χ1) is 15.5. The SMILES string of the molecule is N#Cc1ccc(F)c(-c2nc3cnc(C(N)=NC=N)cc3n2C2CCCC(NC=O)C2)c1. The monoisotopic (exact) mass is 432 g/mol. The molecule has 2 aromatic heterocycles. The number of pyridine rings is 1. The normalized spacial score (nSPS) is 18.8. The predicted octanol–water partition coefficient (Wildman–Crippen LogP) is 2.65. The predicted molar refractivity (Wildman–Crippen MR) is 118 cm³/mol. The first kappa shape index (κ1) is 21.1. The van der Waals surface area contributed by atoms with Crippen molar-refractivity contribution in [2.75, 3.05) is 0 Å². The number of amidine groups is 1. The average molecular weight is 432 g/mol. The molecule has 1 amide bonds. The van der Waals surface area contributed by atoms with E-state index < -0.39 is 5.82 Å². The number of rotatable bonds is 6. The van der Waals surface area contributed by atoms with Crippen molar-refractivity contribution in [2.45, 2.75) is 37.8 Å². The second-order valence-corrected chi connectivity index (χ2v) is 7.62. The molecule has 9 nitrogen and oxygen atoms in total. The molecule has 2 unspecified atom stereocenters. The fourth-order valence-corrected chi connectivity index (χ4v) is 4.25. The van der Waals surface area contributed by atoms with Gasteiger partial charge in [0.2, 0.25) is 6.41 Å². The van der Waals surface area contributed by atoms with Crippen molar-refractivity contribution in [3.63, 3.8) is 0 Å². The van der Waals surface area contributed by atoms with Crippen LogP contribution >= 0.6 is 0 Å². The number of aliphatic imine (C=N–C) groups is 1. The molecule has 4 rings (SSSR count). The molecule has 1 fully saturated rings. The number of halogens is 1. The van der Waals surface area contributed by atoms with Crippen LogP contribution < -0.4 is 11.1 Å². The quantitative estimate of drug-likeness (QED) is 0.311. The highest BCUT2D eigenvalue weighted by Gasteiger charge is 2.28. The van der Waals surface area contributed by atoms with Crippen LogP contribution in [0.25, 0.3) is 22.4 Å². The summed E-state index contributed by atoms with van der Waals surface area (Å²) in [7, 11) is 0. The Labute approximate surface area is 183 Å². The lowest BCUT2D eigenvalue weighted by molar-refractivity contribution is -0.110. The molecule has 3 aromatic rings. The largest absolute Gasteiger partial charge is 0.382 e. The molecule has 0 aliphatic heterocycles. The van der Waals surface area contributed by atoms with Gasteiger partial charge in [0.15, 0.2) is 5.84 Å². The first-order valence-electron chi connectivity index (χ1n) is 10.2. The molecule has 0 bridgehead atoms. The summed E-state index contributed by atoms with van der Waals surface area (Å²) in [6.07, 6.45) is 6.28. The van der Waals surface area contributed by atoms with E-state index in [1.54, 1.807) is 6.07 Å². The maximum Gasteiger partial charge on any atom is 0.207 e. The summed E-state index contributed by atoms with van der Waals surface area (Å²) < 4.78 is 16.8. The molecular weight excluding hydrogens is 411 g/mol. The Balaban J connectivity index is 1.94.